The van der Waals surface area contributed by atoms with Gasteiger partial charge in [0.1, 0.15) is 5.69 Å². The summed E-state index contributed by atoms with van der Waals surface area (Å²) in [4.78, 5) is 23.9. The third kappa shape index (κ3) is 6.34. The van der Waals surface area contributed by atoms with Gasteiger partial charge in [-0.3, -0.25) is 4.79 Å². The fraction of sp³-hybridized carbons (Fsp3) is 0.722. The number of amides is 1. The van der Waals surface area contributed by atoms with Gasteiger partial charge in [-0.25, -0.2) is 9.97 Å². The molecule has 2 rings (SSSR count). The summed E-state index contributed by atoms with van der Waals surface area (Å²) in [5.74, 6) is -0.0115. The monoisotopic (exact) mass is 387 g/mol. The van der Waals surface area contributed by atoms with Crippen molar-refractivity contribution in [3.05, 3.63) is 18.0 Å². The van der Waals surface area contributed by atoms with Crippen LogP contribution >= 0.6 is 0 Å². The average molecular weight is 387 g/mol. The Bertz CT molecular complexity index is 599. The van der Waals surface area contributed by atoms with Crippen molar-refractivity contribution in [2.24, 2.45) is 5.92 Å². The van der Waals surface area contributed by atoms with E-state index in [2.05, 4.69) is 34.0 Å². The van der Waals surface area contributed by atoms with Crippen LogP contribution in [0.15, 0.2) is 12.3 Å². The molecule has 0 radical (unpaired) electrons. The molecule has 6 nitrogen and oxygen atoms in total. The molecule has 1 aliphatic heterocycles. The molecule has 0 aliphatic carbocycles. The maximum atomic E-state index is 12.8. The molecule has 9 heteroatoms. The van der Waals surface area contributed by atoms with Gasteiger partial charge in [0.25, 0.3) is 0 Å². The Labute approximate surface area is 158 Å². The van der Waals surface area contributed by atoms with E-state index in [1.165, 1.54) is 0 Å². The van der Waals surface area contributed by atoms with Gasteiger partial charge in [-0.05, 0) is 45.0 Å². The first-order valence-electron chi connectivity index (χ1n) is 9.50. The molecular weight excluding hydrogens is 359 g/mol. The smallest absolute Gasteiger partial charge is 0.356 e. The Morgan fingerprint density at radius 3 is 2.56 bits per heavy atom. The van der Waals surface area contributed by atoms with Gasteiger partial charge >= 0.3 is 6.18 Å². The topological polar surface area (TPSA) is 61.4 Å². The lowest BCUT2D eigenvalue weighted by molar-refractivity contribution is -0.141. The van der Waals surface area contributed by atoms with Gasteiger partial charge in [-0.15, -0.1) is 0 Å². The molecule has 1 aromatic rings. The predicted molar refractivity (Wildman–Crippen MR) is 97.4 cm³/mol. The number of carbonyl (C=O) groups excluding carboxylic acids is 1. The van der Waals surface area contributed by atoms with Gasteiger partial charge in [0.15, 0.2) is 0 Å². The summed E-state index contributed by atoms with van der Waals surface area (Å²) in [6.07, 6.45) is -1.28. The lowest BCUT2D eigenvalue weighted by Crippen LogP contribution is -2.41. The molecule has 1 amide bonds. The first-order chi connectivity index (χ1) is 12.8. The van der Waals surface area contributed by atoms with Crippen LogP contribution in [0.2, 0.25) is 0 Å². The Hall–Kier alpha value is -1.90. The number of nitrogens with one attached hydrogen (secondary N) is 1. The summed E-state index contributed by atoms with van der Waals surface area (Å²) in [6.45, 7) is 8.78. The van der Waals surface area contributed by atoms with Gasteiger partial charge < -0.3 is 15.1 Å². The molecule has 1 saturated heterocycles. The maximum Gasteiger partial charge on any atom is 0.433 e. The highest BCUT2D eigenvalue weighted by molar-refractivity contribution is 5.78. The minimum absolute atomic E-state index is 0.0270. The predicted octanol–water partition coefficient (Wildman–Crippen LogP) is 2.56. The molecule has 0 bridgehead atoms. The zero-order valence-corrected chi connectivity index (χ0v) is 15.9. The van der Waals surface area contributed by atoms with Gasteiger partial charge in [0.2, 0.25) is 11.9 Å². The minimum Gasteiger partial charge on any atom is -0.356 e. The molecule has 0 spiro atoms. The molecule has 1 aromatic heterocycles. The van der Waals surface area contributed by atoms with Crippen molar-refractivity contribution in [2.45, 2.75) is 39.3 Å². The standard InChI is InChI=1S/C18H28F3N5O/c1-3-25(4-2)11-5-9-22-16(27)14-7-12-26(13-8-14)17-23-10-6-15(24-17)18(19,20)21/h6,10,14H,3-5,7-9,11-13H2,1-2H3,(H,22,27). The molecule has 1 aliphatic rings. The van der Waals surface area contributed by atoms with Crippen LogP contribution in [0.25, 0.3) is 0 Å². The fourth-order valence-electron chi connectivity index (χ4n) is 3.20. The van der Waals surface area contributed by atoms with E-state index in [1.807, 2.05) is 0 Å². The van der Waals surface area contributed by atoms with Crippen molar-refractivity contribution in [1.29, 1.82) is 0 Å². The molecule has 0 saturated carbocycles. The summed E-state index contributed by atoms with van der Waals surface area (Å²) < 4.78 is 38.3. The minimum atomic E-state index is -4.49. The van der Waals surface area contributed by atoms with E-state index in [-0.39, 0.29) is 17.8 Å². The molecule has 2 heterocycles. The molecule has 1 fully saturated rings. The van der Waals surface area contributed by atoms with Crippen LogP contribution in [0, 0.1) is 5.92 Å². The van der Waals surface area contributed by atoms with Crippen LogP contribution < -0.4 is 10.2 Å². The van der Waals surface area contributed by atoms with Crippen LogP contribution in [-0.2, 0) is 11.0 Å². The van der Waals surface area contributed by atoms with Crippen molar-refractivity contribution < 1.29 is 18.0 Å². The van der Waals surface area contributed by atoms with E-state index in [1.54, 1.807) is 4.90 Å². The first kappa shape index (κ1) is 21.4. The third-order valence-corrected chi connectivity index (χ3v) is 4.93. The summed E-state index contributed by atoms with van der Waals surface area (Å²) in [5, 5.41) is 2.98. The van der Waals surface area contributed by atoms with Crippen LogP contribution in [0.1, 0.15) is 38.8 Å². The highest BCUT2D eigenvalue weighted by atomic mass is 19.4. The summed E-state index contributed by atoms with van der Waals surface area (Å²) in [5.41, 5.74) is -0.944. The van der Waals surface area contributed by atoms with Crippen molar-refractivity contribution in [3.63, 3.8) is 0 Å². The van der Waals surface area contributed by atoms with E-state index in [9.17, 15) is 18.0 Å². The molecule has 0 aromatic carbocycles. The molecular formula is C18H28F3N5O. The fourth-order valence-corrected chi connectivity index (χ4v) is 3.20. The summed E-state index contributed by atoms with van der Waals surface area (Å²) in [6, 6.07) is 0.863. The number of rotatable bonds is 8. The number of anilines is 1. The zero-order valence-electron chi connectivity index (χ0n) is 15.9. The van der Waals surface area contributed by atoms with Crippen LogP contribution in [0.5, 0.6) is 0 Å². The van der Waals surface area contributed by atoms with Crippen molar-refractivity contribution in [3.8, 4) is 0 Å². The number of aromatic nitrogens is 2. The Morgan fingerprint density at radius 2 is 1.96 bits per heavy atom. The average Bonchev–Trinajstić information content (AvgIpc) is 2.67. The van der Waals surface area contributed by atoms with Crippen molar-refractivity contribution >= 4 is 11.9 Å². The second-order valence-electron chi connectivity index (χ2n) is 6.67. The number of hydrogen-bond donors (Lipinski definition) is 1. The Balaban J connectivity index is 1.77. The number of hydrogen-bond acceptors (Lipinski definition) is 5. The van der Waals surface area contributed by atoms with Crippen LogP contribution in [0.3, 0.4) is 0 Å². The zero-order chi connectivity index (χ0) is 19.9. The molecule has 0 atom stereocenters. The van der Waals surface area contributed by atoms with E-state index >= 15 is 0 Å². The SMILES string of the molecule is CCN(CC)CCCNC(=O)C1CCN(c2nccc(C(F)(F)F)n2)CC1. The summed E-state index contributed by atoms with van der Waals surface area (Å²) >= 11 is 0. The Kier molecular flexibility index (Phi) is 7.82. The molecule has 1 N–H and O–H groups in total. The van der Waals surface area contributed by atoms with Crippen LogP contribution in [-0.4, -0.2) is 60.0 Å². The van der Waals surface area contributed by atoms with Gasteiger partial charge in [-0.2, -0.15) is 13.2 Å². The van der Waals surface area contributed by atoms with E-state index in [4.69, 9.17) is 0 Å². The third-order valence-electron chi connectivity index (χ3n) is 4.93. The van der Waals surface area contributed by atoms with Gasteiger partial charge in [0, 0.05) is 31.7 Å². The lowest BCUT2D eigenvalue weighted by atomic mass is 9.96. The van der Waals surface area contributed by atoms with Gasteiger partial charge in [0.05, 0.1) is 0 Å². The van der Waals surface area contributed by atoms with Crippen LogP contribution in [0.4, 0.5) is 19.1 Å². The number of nitrogens with zero attached hydrogens (tertiary/aromatic N) is 4. The van der Waals surface area contributed by atoms with Crippen molar-refractivity contribution in [1.82, 2.24) is 20.2 Å². The van der Waals surface area contributed by atoms with Crippen molar-refractivity contribution in [2.75, 3.05) is 44.2 Å². The normalized spacial score (nSPS) is 16.0. The highest BCUT2D eigenvalue weighted by Crippen LogP contribution is 2.29. The highest BCUT2D eigenvalue weighted by Gasteiger charge is 2.34. The number of carbonyl (C=O) groups is 1. The summed E-state index contributed by atoms with van der Waals surface area (Å²) in [7, 11) is 0. The first-order valence-corrected chi connectivity index (χ1v) is 9.50. The molecule has 0 unspecified atom stereocenters. The molecule has 27 heavy (non-hydrogen) atoms. The second kappa shape index (κ2) is 9.87. The largest absolute Gasteiger partial charge is 0.433 e. The second-order valence-corrected chi connectivity index (χ2v) is 6.67. The number of halogens is 3. The van der Waals surface area contributed by atoms with Gasteiger partial charge in [-0.1, -0.05) is 13.8 Å². The number of alkyl halides is 3. The maximum absolute atomic E-state index is 12.8. The van der Waals surface area contributed by atoms with E-state index in [0.717, 1.165) is 38.3 Å². The van der Waals surface area contributed by atoms with E-state index in [0.29, 0.717) is 32.5 Å². The lowest BCUT2D eigenvalue weighted by Gasteiger charge is -2.31. The Morgan fingerprint density at radius 1 is 1.30 bits per heavy atom. The number of piperidine rings is 1. The van der Waals surface area contributed by atoms with E-state index < -0.39 is 11.9 Å². The quantitative estimate of drug-likeness (QED) is 0.695. The molecule has 152 valence electrons.